The van der Waals surface area contributed by atoms with Crippen molar-refractivity contribution in [1.82, 2.24) is 0 Å². The molecule has 1 aliphatic heterocycles. The zero-order valence-electron chi connectivity index (χ0n) is 10.2. The molecule has 9 heteroatoms. The summed E-state index contributed by atoms with van der Waals surface area (Å²) < 4.78 is 31.5. The molecule has 0 saturated carbocycles. The van der Waals surface area contributed by atoms with E-state index in [1.165, 1.54) is 7.11 Å². The highest BCUT2D eigenvalue weighted by molar-refractivity contribution is 7.47. The van der Waals surface area contributed by atoms with Crippen molar-refractivity contribution >= 4 is 15.7 Å². The zero-order chi connectivity index (χ0) is 13.6. The molecule has 0 amide bonds. The summed E-state index contributed by atoms with van der Waals surface area (Å²) in [4.78, 5) is 9.47. The van der Waals surface area contributed by atoms with E-state index in [-0.39, 0.29) is 26.2 Å². The number of hydrogen-bond acceptors (Lipinski definition) is 6. The zero-order valence-corrected chi connectivity index (χ0v) is 11.1. The molecule has 1 rings (SSSR count). The average Bonchev–Trinajstić information content (AvgIpc) is 2.59. The third-order valence-electron chi connectivity index (χ3n) is 2.39. The summed E-state index contributed by atoms with van der Waals surface area (Å²) in [6.45, 7) is 0.0393. The minimum Gasteiger partial charge on any atom is -0.396 e. The molecule has 4 unspecified atom stereocenters. The van der Waals surface area contributed by atoms with E-state index >= 15 is 0 Å². The largest absolute Gasteiger partial charge is 0.472 e. The number of rotatable bonds is 8. The maximum atomic E-state index is 11.6. The van der Waals surface area contributed by atoms with Gasteiger partial charge in [0, 0.05) is 19.7 Å². The molecule has 0 bridgehead atoms. The molecule has 1 aliphatic rings. The highest BCUT2D eigenvalue weighted by Gasteiger charge is 2.38. The standard InChI is InChI=1S/C9H18BO7P/c1-14-6-8-7(5-9(10)16-8)17-18(12,13)15-4-2-3-11/h7-9,11H,2-6H2,1H3,(H,12,13). The number of aliphatic hydroxyl groups is 1. The van der Waals surface area contributed by atoms with Crippen LogP contribution in [-0.4, -0.2) is 63.0 Å². The Morgan fingerprint density at radius 1 is 1.56 bits per heavy atom. The van der Waals surface area contributed by atoms with E-state index in [2.05, 4.69) is 4.52 Å². The Morgan fingerprint density at radius 3 is 2.89 bits per heavy atom. The predicted molar refractivity (Wildman–Crippen MR) is 63.3 cm³/mol. The van der Waals surface area contributed by atoms with Crippen LogP contribution in [0, 0.1) is 0 Å². The predicted octanol–water partition coefficient (Wildman–Crippen LogP) is -0.199. The number of methoxy groups -OCH3 is 1. The second-order valence-corrected chi connectivity index (χ2v) is 5.33. The SMILES string of the molecule is [B]C1CC(OP(=O)(O)OCCCO)C(COC)O1. The summed E-state index contributed by atoms with van der Waals surface area (Å²) in [5.74, 6) is 0. The van der Waals surface area contributed by atoms with E-state index in [1.807, 2.05) is 0 Å². The summed E-state index contributed by atoms with van der Waals surface area (Å²) >= 11 is 0. The van der Waals surface area contributed by atoms with Crippen LogP contribution in [0.2, 0.25) is 0 Å². The van der Waals surface area contributed by atoms with Crippen LogP contribution in [-0.2, 0) is 23.1 Å². The Kier molecular flexibility index (Phi) is 6.80. The van der Waals surface area contributed by atoms with Crippen LogP contribution in [0.4, 0.5) is 0 Å². The van der Waals surface area contributed by atoms with Crippen LogP contribution in [0.15, 0.2) is 0 Å². The van der Waals surface area contributed by atoms with Gasteiger partial charge in [-0.1, -0.05) is 0 Å². The molecule has 1 heterocycles. The summed E-state index contributed by atoms with van der Waals surface area (Å²) in [6, 6.07) is -0.549. The molecular formula is C9H18BO7P. The molecule has 0 spiro atoms. The minimum atomic E-state index is -4.16. The van der Waals surface area contributed by atoms with Crippen LogP contribution in [0.25, 0.3) is 0 Å². The molecule has 2 N–H and O–H groups in total. The van der Waals surface area contributed by atoms with Gasteiger partial charge < -0.3 is 19.5 Å². The maximum absolute atomic E-state index is 11.6. The van der Waals surface area contributed by atoms with Gasteiger partial charge in [0.15, 0.2) is 0 Å². The number of aliphatic hydroxyl groups excluding tert-OH is 1. The number of phosphoric acid groups is 1. The number of ether oxygens (including phenoxy) is 2. The molecule has 7 nitrogen and oxygen atoms in total. The lowest BCUT2D eigenvalue weighted by Crippen LogP contribution is -2.28. The van der Waals surface area contributed by atoms with Crippen LogP contribution < -0.4 is 0 Å². The topological polar surface area (TPSA) is 94.5 Å². The van der Waals surface area contributed by atoms with E-state index in [0.29, 0.717) is 6.42 Å². The van der Waals surface area contributed by atoms with E-state index in [9.17, 15) is 9.46 Å². The van der Waals surface area contributed by atoms with Gasteiger partial charge in [-0.25, -0.2) is 4.57 Å². The number of hydrogen-bond donors (Lipinski definition) is 2. The summed E-state index contributed by atoms with van der Waals surface area (Å²) in [6.07, 6.45) is -0.588. The van der Waals surface area contributed by atoms with E-state index in [4.69, 9.17) is 27.0 Å². The lowest BCUT2D eigenvalue weighted by Gasteiger charge is -2.20. The Labute approximate surface area is 107 Å². The van der Waals surface area contributed by atoms with Gasteiger partial charge in [-0.2, -0.15) is 0 Å². The summed E-state index contributed by atoms with van der Waals surface area (Å²) in [7, 11) is 2.91. The summed E-state index contributed by atoms with van der Waals surface area (Å²) in [5, 5.41) is 8.55. The second-order valence-electron chi connectivity index (χ2n) is 3.93. The molecular weight excluding hydrogens is 262 g/mol. The molecule has 2 radical (unpaired) electrons. The average molecular weight is 280 g/mol. The Bertz CT molecular complexity index is 290. The quantitative estimate of drug-likeness (QED) is 0.361. The Hall–Kier alpha value is 0.0549. The van der Waals surface area contributed by atoms with Crippen molar-refractivity contribution in [3.8, 4) is 0 Å². The van der Waals surface area contributed by atoms with Gasteiger partial charge in [-0.05, 0) is 12.8 Å². The van der Waals surface area contributed by atoms with E-state index in [0.717, 1.165) is 0 Å². The van der Waals surface area contributed by atoms with Gasteiger partial charge in [0.1, 0.15) is 14.0 Å². The van der Waals surface area contributed by atoms with Gasteiger partial charge in [-0.15, -0.1) is 0 Å². The smallest absolute Gasteiger partial charge is 0.396 e. The third kappa shape index (κ3) is 5.36. The molecule has 0 aliphatic carbocycles. The molecule has 104 valence electrons. The van der Waals surface area contributed by atoms with Gasteiger partial charge in [0.05, 0.1) is 19.3 Å². The van der Waals surface area contributed by atoms with Crippen LogP contribution >= 0.6 is 7.82 Å². The highest BCUT2D eigenvalue weighted by Crippen LogP contribution is 2.47. The molecule has 1 saturated heterocycles. The molecule has 1 fully saturated rings. The maximum Gasteiger partial charge on any atom is 0.472 e. The van der Waals surface area contributed by atoms with Crippen molar-refractivity contribution in [2.45, 2.75) is 31.1 Å². The van der Waals surface area contributed by atoms with Crippen molar-refractivity contribution < 1.29 is 33.1 Å². The fourth-order valence-electron chi connectivity index (χ4n) is 1.62. The van der Waals surface area contributed by atoms with Crippen molar-refractivity contribution in [3.05, 3.63) is 0 Å². The van der Waals surface area contributed by atoms with Gasteiger partial charge in [0.2, 0.25) is 0 Å². The first-order valence-electron chi connectivity index (χ1n) is 5.65. The first kappa shape index (κ1) is 16.1. The minimum absolute atomic E-state index is 0.0567. The van der Waals surface area contributed by atoms with Crippen LogP contribution in [0.3, 0.4) is 0 Å². The monoisotopic (exact) mass is 280 g/mol. The fraction of sp³-hybridized carbons (Fsp3) is 1.00. The lowest BCUT2D eigenvalue weighted by atomic mass is 9.96. The van der Waals surface area contributed by atoms with Crippen molar-refractivity contribution in [2.24, 2.45) is 0 Å². The molecule has 18 heavy (non-hydrogen) atoms. The van der Waals surface area contributed by atoms with Crippen molar-refractivity contribution in [3.63, 3.8) is 0 Å². The van der Waals surface area contributed by atoms with Crippen LogP contribution in [0.1, 0.15) is 12.8 Å². The molecule has 0 aromatic heterocycles. The summed E-state index contributed by atoms with van der Waals surface area (Å²) in [5.41, 5.74) is 0. The van der Waals surface area contributed by atoms with Gasteiger partial charge >= 0.3 is 7.82 Å². The lowest BCUT2D eigenvalue weighted by molar-refractivity contribution is -0.0198. The van der Waals surface area contributed by atoms with Crippen LogP contribution in [0.5, 0.6) is 0 Å². The fourth-order valence-corrected chi connectivity index (χ4v) is 2.60. The molecule has 0 aromatic carbocycles. The van der Waals surface area contributed by atoms with Crippen molar-refractivity contribution in [1.29, 1.82) is 0 Å². The van der Waals surface area contributed by atoms with Gasteiger partial charge in [0.25, 0.3) is 0 Å². The van der Waals surface area contributed by atoms with Crippen molar-refractivity contribution in [2.75, 3.05) is 26.9 Å². The third-order valence-corrected chi connectivity index (χ3v) is 3.43. The number of phosphoric ester groups is 1. The normalized spacial score (nSPS) is 31.4. The second kappa shape index (κ2) is 7.60. The Morgan fingerprint density at radius 2 is 2.28 bits per heavy atom. The molecule has 0 aromatic rings. The molecule has 4 atom stereocenters. The first-order chi connectivity index (χ1) is 8.48. The first-order valence-corrected chi connectivity index (χ1v) is 7.14. The van der Waals surface area contributed by atoms with E-state index < -0.39 is 26.0 Å². The Balaban J connectivity index is 2.45. The van der Waals surface area contributed by atoms with Gasteiger partial charge in [-0.3, -0.25) is 9.05 Å². The highest BCUT2D eigenvalue weighted by atomic mass is 31.2. The van der Waals surface area contributed by atoms with E-state index in [1.54, 1.807) is 0 Å².